The van der Waals surface area contributed by atoms with Crippen LogP contribution >= 0.6 is 0 Å². The van der Waals surface area contributed by atoms with Gasteiger partial charge in [0.05, 0.1) is 0 Å². The maximum absolute atomic E-state index is 5.90. The summed E-state index contributed by atoms with van der Waals surface area (Å²) in [4.78, 5) is 2.57. The minimum atomic E-state index is 0.272. The number of rotatable bonds is 7. The Hall–Kier alpha value is -0.900. The van der Waals surface area contributed by atoms with Crippen molar-refractivity contribution in [2.24, 2.45) is 5.73 Å². The van der Waals surface area contributed by atoms with Gasteiger partial charge in [-0.25, -0.2) is 0 Å². The highest BCUT2D eigenvalue weighted by molar-refractivity contribution is 5.22. The predicted molar refractivity (Wildman–Crippen MR) is 85.5 cm³/mol. The lowest BCUT2D eigenvalue weighted by atomic mass is 10.1. The molecule has 112 valence electrons. The van der Waals surface area contributed by atoms with Crippen LogP contribution in [0.5, 0.6) is 0 Å². The normalized spacial score (nSPS) is 18.1. The molecule has 0 saturated carbocycles. The smallest absolute Gasteiger partial charge is 0.0233 e. The van der Waals surface area contributed by atoms with Gasteiger partial charge < -0.3 is 11.1 Å². The Morgan fingerprint density at radius 1 is 1.10 bits per heavy atom. The Kier molecular flexibility index (Phi) is 6.51. The fourth-order valence-electron chi connectivity index (χ4n) is 2.68. The minimum absolute atomic E-state index is 0.272. The van der Waals surface area contributed by atoms with Crippen molar-refractivity contribution in [3.63, 3.8) is 0 Å². The third-order valence-corrected chi connectivity index (χ3v) is 4.14. The topological polar surface area (TPSA) is 41.3 Å². The summed E-state index contributed by atoms with van der Waals surface area (Å²) in [6, 6.07) is 9.29. The molecule has 3 N–H and O–H groups in total. The van der Waals surface area contributed by atoms with E-state index in [-0.39, 0.29) is 6.04 Å². The second-order valence-electron chi connectivity index (χ2n) is 5.95. The first kappa shape index (κ1) is 15.5. The molecular formula is C17H29N3. The van der Waals surface area contributed by atoms with Gasteiger partial charge in [-0.15, -0.1) is 0 Å². The van der Waals surface area contributed by atoms with Gasteiger partial charge in [0.15, 0.2) is 0 Å². The number of hydrogen-bond acceptors (Lipinski definition) is 3. The highest BCUT2D eigenvalue weighted by Gasteiger charge is 2.10. The Labute approximate surface area is 123 Å². The summed E-state index contributed by atoms with van der Waals surface area (Å²) in [5.41, 5.74) is 8.67. The van der Waals surface area contributed by atoms with Gasteiger partial charge in [-0.3, -0.25) is 4.90 Å². The van der Waals surface area contributed by atoms with Gasteiger partial charge in [0.2, 0.25) is 0 Å². The number of likely N-dealkylation sites (tertiary alicyclic amines) is 1. The maximum Gasteiger partial charge on any atom is 0.0233 e. The summed E-state index contributed by atoms with van der Waals surface area (Å²) in [6.07, 6.45) is 5.15. The van der Waals surface area contributed by atoms with Crippen LogP contribution in [0.25, 0.3) is 0 Å². The molecule has 0 aromatic heterocycles. The molecule has 20 heavy (non-hydrogen) atoms. The second-order valence-corrected chi connectivity index (χ2v) is 5.95. The summed E-state index contributed by atoms with van der Waals surface area (Å²) in [5, 5.41) is 3.42. The molecule has 1 heterocycles. The molecule has 1 unspecified atom stereocenters. The third-order valence-electron chi connectivity index (χ3n) is 4.14. The molecule has 0 spiro atoms. The molecule has 1 aliphatic rings. The molecule has 1 saturated heterocycles. The first-order valence-corrected chi connectivity index (χ1v) is 8.04. The van der Waals surface area contributed by atoms with E-state index in [2.05, 4.69) is 41.4 Å². The van der Waals surface area contributed by atoms with E-state index >= 15 is 0 Å². The first-order valence-electron chi connectivity index (χ1n) is 8.04. The van der Waals surface area contributed by atoms with Gasteiger partial charge in [0, 0.05) is 25.7 Å². The number of hydrogen-bond donors (Lipinski definition) is 2. The van der Waals surface area contributed by atoms with Crippen molar-refractivity contribution in [1.29, 1.82) is 0 Å². The molecular weight excluding hydrogens is 246 g/mol. The lowest BCUT2D eigenvalue weighted by Crippen LogP contribution is -2.32. The van der Waals surface area contributed by atoms with Gasteiger partial charge in [-0.05, 0) is 43.5 Å². The van der Waals surface area contributed by atoms with Crippen molar-refractivity contribution in [2.45, 2.75) is 51.7 Å². The molecule has 0 aliphatic carbocycles. The van der Waals surface area contributed by atoms with E-state index in [1.54, 1.807) is 0 Å². The van der Waals surface area contributed by atoms with Gasteiger partial charge >= 0.3 is 0 Å². The van der Waals surface area contributed by atoms with E-state index in [1.165, 1.54) is 43.5 Å². The molecule has 1 aliphatic heterocycles. The average molecular weight is 275 g/mol. The molecule has 0 radical (unpaired) electrons. The SMILES string of the molecule is CCC(N)CNCc1ccc(CN2CCCCC2)cc1. The van der Waals surface area contributed by atoms with Gasteiger partial charge in [0.25, 0.3) is 0 Å². The van der Waals surface area contributed by atoms with Crippen molar-refractivity contribution in [1.82, 2.24) is 10.2 Å². The summed E-state index contributed by atoms with van der Waals surface area (Å²) in [5.74, 6) is 0. The van der Waals surface area contributed by atoms with Crippen LogP contribution in [0.15, 0.2) is 24.3 Å². The Morgan fingerprint density at radius 2 is 1.75 bits per heavy atom. The Morgan fingerprint density at radius 3 is 2.40 bits per heavy atom. The van der Waals surface area contributed by atoms with Crippen LogP contribution in [0, 0.1) is 0 Å². The quantitative estimate of drug-likeness (QED) is 0.803. The number of benzene rings is 1. The molecule has 3 nitrogen and oxygen atoms in total. The lowest BCUT2D eigenvalue weighted by Gasteiger charge is -2.26. The van der Waals surface area contributed by atoms with Crippen molar-refractivity contribution < 1.29 is 0 Å². The van der Waals surface area contributed by atoms with E-state index in [9.17, 15) is 0 Å². The highest BCUT2D eigenvalue weighted by atomic mass is 15.1. The fourth-order valence-corrected chi connectivity index (χ4v) is 2.68. The van der Waals surface area contributed by atoms with Crippen LogP contribution in [-0.4, -0.2) is 30.6 Å². The number of nitrogens with one attached hydrogen (secondary N) is 1. The standard InChI is InChI=1S/C17H29N3/c1-2-17(18)13-19-12-15-6-8-16(9-7-15)14-20-10-4-3-5-11-20/h6-9,17,19H,2-5,10-14,18H2,1H3. The molecule has 0 bridgehead atoms. The van der Waals surface area contributed by atoms with Crippen molar-refractivity contribution in [2.75, 3.05) is 19.6 Å². The molecule has 2 rings (SSSR count). The number of piperidine rings is 1. The van der Waals surface area contributed by atoms with E-state index in [4.69, 9.17) is 5.73 Å². The summed E-state index contributed by atoms with van der Waals surface area (Å²) >= 11 is 0. The van der Waals surface area contributed by atoms with Crippen LogP contribution in [0.4, 0.5) is 0 Å². The Bertz CT molecular complexity index is 368. The Balaban J connectivity index is 1.74. The van der Waals surface area contributed by atoms with Crippen LogP contribution in [0.1, 0.15) is 43.7 Å². The molecule has 0 amide bonds. The maximum atomic E-state index is 5.90. The third kappa shape index (κ3) is 5.23. The number of nitrogens with zero attached hydrogens (tertiary/aromatic N) is 1. The molecule has 3 heteroatoms. The van der Waals surface area contributed by atoms with Gasteiger partial charge in [-0.2, -0.15) is 0 Å². The highest BCUT2D eigenvalue weighted by Crippen LogP contribution is 2.13. The van der Waals surface area contributed by atoms with Gasteiger partial charge in [0.1, 0.15) is 0 Å². The largest absolute Gasteiger partial charge is 0.327 e. The van der Waals surface area contributed by atoms with Crippen LogP contribution in [0.2, 0.25) is 0 Å². The predicted octanol–water partition coefficient (Wildman–Crippen LogP) is 2.50. The molecule has 1 aromatic rings. The van der Waals surface area contributed by atoms with E-state index in [0.29, 0.717) is 0 Å². The van der Waals surface area contributed by atoms with Crippen molar-refractivity contribution in [3.8, 4) is 0 Å². The molecule has 1 atom stereocenters. The number of nitrogens with two attached hydrogens (primary N) is 1. The zero-order valence-corrected chi connectivity index (χ0v) is 12.8. The zero-order chi connectivity index (χ0) is 14.2. The minimum Gasteiger partial charge on any atom is -0.327 e. The van der Waals surface area contributed by atoms with Crippen LogP contribution < -0.4 is 11.1 Å². The first-order chi connectivity index (χ1) is 9.78. The lowest BCUT2D eigenvalue weighted by molar-refractivity contribution is 0.221. The van der Waals surface area contributed by atoms with Crippen LogP contribution in [-0.2, 0) is 13.1 Å². The van der Waals surface area contributed by atoms with E-state index in [0.717, 1.165) is 26.1 Å². The fraction of sp³-hybridized carbons (Fsp3) is 0.647. The summed E-state index contributed by atoms with van der Waals surface area (Å²) in [7, 11) is 0. The molecule has 1 fully saturated rings. The van der Waals surface area contributed by atoms with E-state index in [1.807, 2.05) is 0 Å². The summed E-state index contributed by atoms with van der Waals surface area (Å²) < 4.78 is 0. The van der Waals surface area contributed by atoms with Crippen molar-refractivity contribution in [3.05, 3.63) is 35.4 Å². The zero-order valence-electron chi connectivity index (χ0n) is 12.8. The summed E-state index contributed by atoms with van der Waals surface area (Å²) in [6.45, 7) is 7.57. The van der Waals surface area contributed by atoms with Crippen molar-refractivity contribution >= 4 is 0 Å². The van der Waals surface area contributed by atoms with E-state index < -0.39 is 0 Å². The monoisotopic (exact) mass is 275 g/mol. The van der Waals surface area contributed by atoms with Crippen LogP contribution in [0.3, 0.4) is 0 Å². The second kappa shape index (κ2) is 8.40. The molecule has 1 aromatic carbocycles. The average Bonchev–Trinajstić information content (AvgIpc) is 2.50. The van der Waals surface area contributed by atoms with Gasteiger partial charge in [-0.1, -0.05) is 37.6 Å².